The molecule has 0 fully saturated rings. The zero-order chi connectivity index (χ0) is 28.6. The van der Waals surface area contributed by atoms with Crippen molar-refractivity contribution >= 4 is 27.5 Å². The number of sulfonamides is 1. The van der Waals surface area contributed by atoms with Gasteiger partial charge in [0.1, 0.15) is 18.3 Å². The van der Waals surface area contributed by atoms with Gasteiger partial charge < -0.3 is 15.0 Å². The van der Waals surface area contributed by atoms with Crippen LogP contribution in [0.15, 0.2) is 83.8 Å². The van der Waals surface area contributed by atoms with Crippen LogP contribution >= 0.6 is 0 Å². The van der Waals surface area contributed by atoms with Crippen molar-refractivity contribution in [1.82, 2.24) is 10.2 Å². The SMILES string of the molecule is CC[C@H](C)NC(=O)[C@H](C)N(Cc1cccc(C)c1)C(=O)CN(c1ccccc1)S(=O)(=O)c1ccc(OC)cc1. The van der Waals surface area contributed by atoms with Gasteiger partial charge in [0.25, 0.3) is 10.0 Å². The smallest absolute Gasteiger partial charge is 0.264 e. The van der Waals surface area contributed by atoms with Crippen LogP contribution in [0.25, 0.3) is 0 Å². The maximum absolute atomic E-state index is 13.9. The summed E-state index contributed by atoms with van der Waals surface area (Å²) in [7, 11) is -2.63. The quantitative estimate of drug-likeness (QED) is 0.357. The third kappa shape index (κ3) is 7.60. The van der Waals surface area contributed by atoms with E-state index in [2.05, 4.69) is 5.32 Å². The lowest BCUT2D eigenvalue weighted by Crippen LogP contribution is -2.52. The Balaban J connectivity index is 2.00. The van der Waals surface area contributed by atoms with E-state index in [4.69, 9.17) is 4.74 Å². The number of carbonyl (C=O) groups excluding carboxylic acids is 2. The van der Waals surface area contributed by atoms with Crippen molar-refractivity contribution < 1.29 is 22.7 Å². The maximum Gasteiger partial charge on any atom is 0.264 e. The zero-order valence-corrected chi connectivity index (χ0v) is 23.9. The molecule has 0 saturated heterocycles. The molecular weight excluding hydrogens is 514 g/mol. The van der Waals surface area contributed by atoms with E-state index in [1.807, 2.05) is 45.0 Å². The summed E-state index contributed by atoms with van der Waals surface area (Å²) in [4.78, 5) is 28.5. The fourth-order valence-electron chi connectivity index (χ4n) is 4.05. The molecule has 9 heteroatoms. The Morgan fingerprint density at radius 1 is 0.949 bits per heavy atom. The minimum atomic E-state index is -4.13. The number of para-hydroxylation sites is 1. The number of amides is 2. The zero-order valence-electron chi connectivity index (χ0n) is 23.1. The van der Waals surface area contributed by atoms with Gasteiger partial charge in [0.05, 0.1) is 17.7 Å². The fraction of sp³-hybridized carbons (Fsp3) is 0.333. The number of hydrogen-bond donors (Lipinski definition) is 1. The summed E-state index contributed by atoms with van der Waals surface area (Å²) in [5.74, 6) is -0.277. The van der Waals surface area contributed by atoms with Crippen LogP contribution in [0.3, 0.4) is 0 Å². The topological polar surface area (TPSA) is 96.0 Å². The molecule has 0 aliphatic carbocycles. The van der Waals surface area contributed by atoms with Gasteiger partial charge in [0.2, 0.25) is 11.8 Å². The lowest BCUT2D eigenvalue weighted by atomic mass is 10.1. The van der Waals surface area contributed by atoms with Crippen molar-refractivity contribution in [3.05, 3.63) is 90.0 Å². The van der Waals surface area contributed by atoms with Crippen LogP contribution in [-0.4, -0.2) is 50.9 Å². The number of carbonyl (C=O) groups is 2. The molecule has 0 radical (unpaired) electrons. The molecule has 0 aromatic heterocycles. The maximum atomic E-state index is 13.9. The number of ether oxygens (including phenoxy) is 1. The molecular formula is C30H37N3O5S. The lowest BCUT2D eigenvalue weighted by Gasteiger charge is -2.32. The second kappa shape index (κ2) is 13.3. The average Bonchev–Trinajstić information content (AvgIpc) is 2.94. The Labute approximate surface area is 231 Å². The molecule has 0 saturated carbocycles. The van der Waals surface area contributed by atoms with Crippen molar-refractivity contribution in [1.29, 1.82) is 0 Å². The molecule has 0 spiro atoms. The number of hydrogen-bond acceptors (Lipinski definition) is 5. The Morgan fingerprint density at radius 2 is 1.62 bits per heavy atom. The van der Waals surface area contributed by atoms with E-state index in [1.165, 1.54) is 24.1 Å². The van der Waals surface area contributed by atoms with Gasteiger partial charge >= 0.3 is 0 Å². The molecule has 8 nitrogen and oxygen atoms in total. The van der Waals surface area contributed by atoms with Crippen LogP contribution < -0.4 is 14.4 Å². The Hall–Kier alpha value is -3.85. The minimum absolute atomic E-state index is 0.0211. The van der Waals surface area contributed by atoms with Gasteiger partial charge in [-0.3, -0.25) is 13.9 Å². The fourth-order valence-corrected chi connectivity index (χ4v) is 5.47. The molecule has 0 aliphatic rings. The van der Waals surface area contributed by atoms with E-state index >= 15 is 0 Å². The molecule has 1 N–H and O–H groups in total. The standard InChI is InChI=1S/C30H37N3O5S/c1-6-23(3)31-30(35)24(4)32(20-25-12-10-11-22(2)19-25)29(34)21-33(26-13-8-7-9-14-26)39(36,37)28-17-15-27(38-5)16-18-28/h7-19,23-24H,6,20-21H2,1-5H3,(H,31,35)/t23-,24-/m0/s1. The largest absolute Gasteiger partial charge is 0.497 e. The molecule has 3 aromatic carbocycles. The first kappa shape index (κ1) is 29.7. The first-order valence-electron chi connectivity index (χ1n) is 12.9. The van der Waals surface area contributed by atoms with Crippen molar-refractivity contribution in [2.75, 3.05) is 18.0 Å². The van der Waals surface area contributed by atoms with Gasteiger partial charge in [-0.1, -0.05) is 55.0 Å². The Morgan fingerprint density at radius 3 is 2.21 bits per heavy atom. The molecule has 3 aromatic rings. The molecule has 39 heavy (non-hydrogen) atoms. The number of nitrogens with one attached hydrogen (secondary N) is 1. The molecule has 0 bridgehead atoms. The van der Waals surface area contributed by atoms with E-state index in [0.29, 0.717) is 11.4 Å². The second-order valence-electron chi connectivity index (χ2n) is 9.53. The Bertz CT molecular complexity index is 1360. The number of methoxy groups -OCH3 is 1. The Kier molecular flexibility index (Phi) is 10.1. The van der Waals surface area contributed by atoms with E-state index in [-0.39, 0.29) is 23.4 Å². The molecule has 208 valence electrons. The van der Waals surface area contributed by atoms with Crippen LogP contribution in [0.4, 0.5) is 5.69 Å². The van der Waals surface area contributed by atoms with Crippen LogP contribution in [0.2, 0.25) is 0 Å². The first-order valence-corrected chi connectivity index (χ1v) is 14.4. The summed E-state index contributed by atoms with van der Waals surface area (Å²) in [5, 5.41) is 2.94. The lowest BCUT2D eigenvalue weighted by molar-refractivity contribution is -0.139. The number of benzene rings is 3. The third-order valence-corrected chi connectivity index (χ3v) is 8.36. The monoisotopic (exact) mass is 551 g/mol. The number of anilines is 1. The molecule has 0 heterocycles. The van der Waals surface area contributed by atoms with E-state index in [9.17, 15) is 18.0 Å². The summed E-state index contributed by atoms with van der Waals surface area (Å²) in [5.41, 5.74) is 2.20. The van der Waals surface area contributed by atoms with Crippen molar-refractivity contribution in [2.24, 2.45) is 0 Å². The molecule has 2 atom stereocenters. The summed E-state index contributed by atoms with van der Waals surface area (Å²) >= 11 is 0. The van der Waals surface area contributed by atoms with Gasteiger partial charge in [0.15, 0.2) is 0 Å². The highest BCUT2D eigenvalue weighted by atomic mass is 32.2. The minimum Gasteiger partial charge on any atom is -0.497 e. The van der Waals surface area contributed by atoms with Gasteiger partial charge in [-0.2, -0.15) is 0 Å². The van der Waals surface area contributed by atoms with Crippen molar-refractivity contribution in [3.63, 3.8) is 0 Å². The van der Waals surface area contributed by atoms with Gasteiger partial charge in [-0.25, -0.2) is 8.42 Å². The molecule has 3 rings (SSSR count). The number of rotatable bonds is 12. The summed E-state index contributed by atoms with van der Waals surface area (Å²) in [6.45, 7) is 7.15. The van der Waals surface area contributed by atoms with Crippen LogP contribution in [0.5, 0.6) is 5.75 Å². The van der Waals surface area contributed by atoms with Crippen LogP contribution in [-0.2, 0) is 26.2 Å². The molecule has 0 unspecified atom stereocenters. The van der Waals surface area contributed by atoms with Crippen molar-refractivity contribution in [3.8, 4) is 5.75 Å². The third-order valence-electron chi connectivity index (χ3n) is 6.57. The highest BCUT2D eigenvalue weighted by Gasteiger charge is 2.32. The van der Waals surface area contributed by atoms with E-state index in [1.54, 1.807) is 49.4 Å². The van der Waals surface area contributed by atoms with Gasteiger partial charge in [-0.15, -0.1) is 0 Å². The van der Waals surface area contributed by atoms with Crippen LogP contribution in [0.1, 0.15) is 38.3 Å². The van der Waals surface area contributed by atoms with Crippen molar-refractivity contribution in [2.45, 2.75) is 57.6 Å². The summed E-state index contributed by atoms with van der Waals surface area (Å²) in [6, 6.07) is 21.3. The average molecular weight is 552 g/mol. The highest BCUT2D eigenvalue weighted by Crippen LogP contribution is 2.26. The number of nitrogens with zero attached hydrogens (tertiary/aromatic N) is 2. The highest BCUT2D eigenvalue weighted by molar-refractivity contribution is 7.92. The summed E-state index contributed by atoms with van der Waals surface area (Å²) in [6.07, 6.45) is 0.742. The molecule has 0 aliphatic heterocycles. The van der Waals surface area contributed by atoms with Gasteiger partial charge in [0, 0.05) is 12.6 Å². The predicted octanol–water partition coefficient (Wildman–Crippen LogP) is 4.53. The van der Waals surface area contributed by atoms with Gasteiger partial charge in [-0.05, 0) is 69.2 Å². The second-order valence-corrected chi connectivity index (χ2v) is 11.4. The first-order chi connectivity index (χ1) is 18.6. The van der Waals surface area contributed by atoms with Crippen LogP contribution in [0, 0.1) is 6.92 Å². The predicted molar refractivity (Wildman–Crippen MR) is 153 cm³/mol. The summed E-state index contributed by atoms with van der Waals surface area (Å²) < 4.78 is 33.9. The molecule has 2 amide bonds. The van der Waals surface area contributed by atoms with E-state index in [0.717, 1.165) is 21.9 Å². The normalized spacial score (nSPS) is 12.7. The van der Waals surface area contributed by atoms with E-state index < -0.39 is 28.5 Å². The number of aryl methyl sites for hydroxylation is 1.